The lowest BCUT2D eigenvalue weighted by Crippen LogP contribution is -2.29. The molecule has 1 aromatic heterocycles. The van der Waals surface area contributed by atoms with Crippen LogP contribution in [0, 0.1) is 5.92 Å². The van der Waals surface area contributed by atoms with Crippen molar-refractivity contribution in [1.29, 1.82) is 0 Å². The highest BCUT2D eigenvalue weighted by molar-refractivity contribution is 6.08. The van der Waals surface area contributed by atoms with Gasteiger partial charge in [-0.1, -0.05) is 18.2 Å². The number of ether oxygens (including phenoxy) is 3. The van der Waals surface area contributed by atoms with Crippen LogP contribution in [0.3, 0.4) is 0 Å². The highest BCUT2D eigenvalue weighted by Gasteiger charge is 2.22. The van der Waals surface area contributed by atoms with Crippen LogP contribution in [0.2, 0.25) is 0 Å². The van der Waals surface area contributed by atoms with Crippen LogP contribution in [-0.4, -0.2) is 37.8 Å². The van der Waals surface area contributed by atoms with Gasteiger partial charge in [-0.2, -0.15) is 0 Å². The molecule has 2 N–H and O–H groups in total. The lowest BCUT2D eigenvalue weighted by Gasteiger charge is -2.13. The summed E-state index contributed by atoms with van der Waals surface area (Å²) in [7, 11) is 1.53. The zero-order chi connectivity index (χ0) is 20.9. The minimum atomic E-state index is -0.363. The quantitative estimate of drug-likeness (QED) is 0.531. The van der Waals surface area contributed by atoms with Crippen molar-refractivity contribution in [3.8, 4) is 17.2 Å². The molecule has 0 spiro atoms. The first-order chi connectivity index (χ1) is 14.7. The Labute approximate surface area is 174 Å². The molecule has 7 nitrogen and oxygen atoms in total. The number of hydrogen-bond acceptors (Lipinski definition) is 5. The van der Waals surface area contributed by atoms with Crippen molar-refractivity contribution >= 4 is 16.8 Å². The Morgan fingerprint density at radius 2 is 1.80 bits per heavy atom. The van der Waals surface area contributed by atoms with Crippen molar-refractivity contribution in [2.24, 2.45) is 5.92 Å². The molecule has 0 atom stereocenters. The molecule has 1 amide bonds. The van der Waals surface area contributed by atoms with Gasteiger partial charge in [-0.05, 0) is 43.0 Å². The lowest BCUT2D eigenvalue weighted by molar-refractivity contribution is 0.0948. The van der Waals surface area contributed by atoms with Crippen LogP contribution in [0.5, 0.6) is 17.2 Å². The Balaban J connectivity index is 1.40. The average Bonchev–Trinajstić information content (AvgIpc) is 3.59. The predicted molar refractivity (Wildman–Crippen MR) is 114 cm³/mol. The second-order valence-corrected chi connectivity index (χ2v) is 7.24. The number of rotatable bonds is 9. The van der Waals surface area contributed by atoms with Crippen molar-refractivity contribution < 1.29 is 19.0 Å². The highest BCUT2D eigenvalue weighted by atomic mass is 16.5. The summed E-state index contributed by atoms with van der Waals surface area (Å²) >= 11 is 0. The number of hydrogen-bond donors (Lipinski definition) is 2. The molecule has 1 fully saturated rings. The standard InChI is InChI=1S/C23H24N2O5/c1-28-20-8-4-5-17-22(20)16(13-21(26)25-17)23(27)24-11-12-29-18-6-2-3-7-19(18)30-14-15-9-10-15/h2-8,13,15H,9-12,14H2,1H3,(H,24,27)(H,25,26). The third kappa shape index (κ3) is 4.56. The number of carbonyl (C=O) groups is 1. The Hall–Kier alpha value is -3.48. The van der Waals surface area contributed by atoms with Gasteiger partial charge in [-0.25, -0.2) is 0 Å². The summed E-state index contributed by atoms with van der Waals surface area (Å²) in [6, 6.07) is 14.0. The van der Waals surface area contributed by atoms with Gasteiger partial charge in [0.05, 0.1) is 36.7 Å². The largest absolute Gasteiger partial charge is 0.496 e. The van der Waals surface area contributed by atoms with Gasteiger partial charge in [0.1, 0.15) is 12.4 Å². The van der Waals surface area contributed by atoms with E-state index in [1.54, 1.807) is 18.2 Å². The molecule has 7 heteroatoms. The number of carbonyl (C=O) groups excluding carboxylic acids is 1. The number of H-pyrrole nitrogens is 1. The second-order valence-electron chi connectivity index (χ2n) is 7.24. The Bertz CT molecular complexity index is 1100. The summed E-state index contributed by atoms with van der Waals surface area (Å²) in [5.41, 5.74) is 0.461. The van der Waals surface area contributed by atoms with E-state index in [1.807, 2.05) is 24.3 Å². The summed E-state index contributed by atoms with van der Waals surface area (Å²) in [5.74, 6) is 2.17. The summed E-state index contributed by atoms with van der Waals surface area (Å²) < 4.78 is 17.0. The van der Waals surface area contributed by atoms with Crippen molar-refractivity contribution in [3.63, 3.8) is 0 Å². The number of nitrogens with one attached hydrogen (secondary N) is 2. The van der Waals surface area contributed by atoms with E-state index < -0.39 is 0 Å². The number of aromatic nitrogens is 1. The number of pyridine rings is 1. The molecule has 4 rings (SSSR count). The SMILES string of the molecule is COc1cccc2[nH]c(=O)cc(C(=O)NCCOc3ccccc3OCC3CC3)c12. The van der Waals surface area contributed by atoms with Crippen molar-refractivity contribution in [3.05, 3.63) is 64.4 Å². The molecule has 0 radical (unpaired) electrons. The minimum Gasteiger partial charge on any atom is -0.496 e. The monoisotopic (exact) mass is 408 g/mol. The summed E-state index contributed by atoms with van der Waals surface area (Å²) in [6.07, 6.45) is 2.44. The van der Waals surface area contributed by atoms with Gasteiger partial charge < -0.3 is 24.5 Å². The van der Waals surface area contributed by atoms with E-state index in [1.165, 1.54) is 26.0 Å². The zero-order valence-electron chi connectivity index (χ0n) is 16.8. The van der Waals surface area contributed by atoms with Gasteiger partial charge in [0.2, 0.25) is 5.56 Å². The Morgan fingerprint density at radius 3 is 2.53 bits per heavy atom. The summed E-state index contributed by atoms with van der Waals surface area (Å²) in [4.78, 5) is 27.4. The number of aromatic amines is 1. The van der Waals surface area contributed by atoms with Crippen LogP contribution >= 0.6 is 0 Å². The molecular weight excluding hydrogens is 384 g/mol. The average molecular weight is 408 g/mol. The number of fused-ring (bicyclic) bond motifs is 1. The Morgan fingerprint density at radius 1 is 1.07 bits per heavy atom. The smallest absolute Gasteiger partial charge is 0.252 e. The number of benzene rings is 2. The van der Waals surface area contributed by atoms with E-state index in [2.05, 4.69) is 10.3 Å². The fourth-order valence-corrected chi connectivity index (χ4v) is 3.24. The molecule has 1 aliphatic carbocycles. The molecule has 0 unspecified atom stereocenters. The maximum absolute atomic E-state index is 12.7. The number of para-hydroxylation sites is 2. The molecule has 0 saturated heterocycles. The van der Waals surface area contributed by atoms with Gasteiger partial charge in [0.15, 0.2) is 11.5 Å². The van der Waals surface area contributed by atoms with Gasteiger partial charge in [-0.15, -0.1) is 0 Å². The third-order valence-corrected chi connectivity index (χ3v) is 4.96. The van der Waals surface area contributed by atoms with Gasteiger partial charge >= 0.3 is 0 Å². The fraction of sp³-hybridized carbons (Fsp3) is 0.304. The topological polar surface area (TPSA) is 89.7 Å². The first-order valence-corrected chi connectivity index (χ1v) is 9.98. The van der Waals surface area contributed by atoms with E-state index >= 15 is 0 Å². The van der Waals surface area contributed by atoms with Crippen LogP contribution < -0.4 is 25.1 Å². The molecule has 2 aromatic carbocycles. The van der Waals surface area contributed by atoms with E-state index in [4.69, 9.17) is 14.2 Å². The molecule has 0 aliphatic heterocycles. The van der Waals surface area contributed by atoms with Gasteiger partial charge in [-0.3, -0.25) is 9.59 Å². The molecule has 3 aromatic rings. The van der Waals surface area contributed by atoms with Crippen molar-refractivity contribution in [1.82, 2.24) is 10.3 Å². The third-order valence-electron chi connectivity index (χ3n) is 4.96. The molecule has 156 valence electrons. The van der Waals surface area contributed by atoms with E-state index in [0.29, 0.717) is 40.7 Å². The zero-order valence-corrected chi connectivity index (χ0v) is 16.8. The van der Waals surface area contributed by atoms with E-state index in [9.17, 15) is 9.59 Å². The maximum atomic E-state index is 12.7. The summed E-state index contributed by atoms with van der Waals surface area (Å²) in [6.45, 7) is 1.25. The maximum Gasteiger partial charge on any atom is 0.252 e. The van der Waals surface area contributed by atoms with Crippen LogP contribution in [0.25, 0.3) is 10.9 Å². The number of methoxy groups -OCH3 is 1. The molecule has 1 aliphatic rings. The van der Waals surface area contributed by atoms with Crippen molar-refractivity contribution in [2.75, 3.05) is 26.9 Å². The molecule has 30 heavy (non-hydrogen) atoms. The first kappa shape index (κ1) is 19.8. The van der Waals surface area contributed by atoms with Gasteiger partial charge in [0.25, 0.3) is 5.91 Å². The first-order valence-electron chi connectivity index (χ1n) is 9.98. The molecule has 0 bridgehead atoms. The molecule has 1 heterocycles. The summed E-state index contributed by atoms with van der Waals surface area (Å²) in [5, 5.41) is 3.37. The van der Waals surface area contributed by atoms with E-state index in [0.717, 1.165) is 0 Å². The molecular formula is C23H24N2O5. The molecule has 1 saturated carbocycles. The van der Waals surface area contributed by atoms with Crippen LogP contribution in [-0.2, 0) is 0 Å². The number of amides is 1. The van der Waals surface area contributed by atoms with Crippen molar-refractivity contribution in [2.45, 2.75) is 12.8 Å². The Kier molecular flexibility index (Phi) is 5.88. The van der Waals surface area contributed by atoms with E-state index in [-0.39, 0.29) is 30.2 Å². The minimum absolute atomic E-state index is 0.263. The highest BCUT2D eigenvalue weighted by Crippen LogP contribution is 2.32. The second kappa shape index (κ2) is 8.90. The van der Waals surface area contributed by atoms with Crippen LogP contribution in [0.4, 0.5) is 0 Å². The van der Waals surface area contributed by atoms with Crippen LogP contribution in [0.15, 0.2) is 53.3 Å². The fourth-order valence-electron chi connectivity index (χ4n) is 3.24. The lowest BCUT2D eigenvalue weighted by atomic mass is 10.1. The van der Waals surface area contributed by atoms with Crippen LogP contribution in [0.1, 0.15) is 23.2 Å². The normalized spacial score (nSPS) is 13.1. The predicted octanol–water partition coefficient (Wildman–Crippen LogP) is 3.13. The van der Waals surface area contributed by atoms with Gasteiger partial charge in [0, 0.05) is 6.07 Å².